The number of anilines is 2. The summed E-state index contributed by atoms with van der Waals surface area (Å²) in [5, 5.41) is 7.41. The fraction of sp³-hybridized carbons (Fsp3) is 0.294. The number of carbonyl (C=O) groups is 2. The number of hydrogen-bond donors (Lipinski definition) is 2. The lowest BCUT2D eigenvalue weighted by Crippen LogP contribution is -2.40. The molecule has 5 heterocycles. The second-order valence-electron chi connectivity index (χ2n) is 11.9. The quantitative estimate of drug-likeness (QED) is 0.287. The number of benzene rings is 1. The van der Waals surface area contributed by atoms with Crippen molar-refractivity contribution in [3.63, 3.8) is 0 Å². The highest BCUT2D eigenvalue weighted by Gasteiger charge is 2.28. The van der Waals surface area contributed by atoms with Crippen LogP contribution in [0, 0.1) is 12.8 Å². The number of nitrogens with zero attached hydrogens (tertiary/aromatic N) is 6. The molecule has 0 aliphatic carbocycles. The van der Waals surface area contributed by atoms with E-state index in [1.807, 2.05) is 48.4 Å². The largest absolute Gasteiger partial charge is 0.382 e. The van der Waals surface area contributed by atoms with Gasteiger partial charge in [0.25, 0.3) is 5.91 Å². The highest BCUT2D eigenvalue weighted by Crippen LogP contribution is 2.37. The number of nitrogen functional groups attached to an aromatic ring is 1. The zero-order valence-corrected chi connectivity index (χ0v) is 25.8. The molecule has 11 heteroatoms. The predicted octanol–water partition coefficient (Wildman–Crippen LogP) is 4.66. The van der Waals surface area contributed by atoms with Crippen LogP contribution in [0.1, 0.15) is 54.4 Å². The van der Waals surface area contributed by atoms with Crippen LogP contribution >= 0.6 is 0 Å². The fourth-order valence-electron chi connectivity index (χ4n) is 6.13. The summed E-state index contributed by atoms with van der Waals surface area (Å²) >= 11 is 0. The average molecular weight is 605 g/mol. The number of piperidine rings is 1. The van der Waals surface area contributed by atoms with Gasteiger partial charge in [0, 0.05) is 78.8 Å². The van der Waals surface area contributed by atoms with E-state index in [2.05, 4.69) is 26.4 Å². The topological polar surface area (TPSA) is 141 Å². The zero-order chi connectivity index (χ0) is 31.8. The Hall–Kier alpha value is -5.32. The van der Waals surface area contributed by atoms with Crippen LogP contribution in [0.3, 0.4) is 0 Å². The zero-order valence-electron chi connectivity index (χ0n) is 25.8. The summed E-state index contributed by atoms with van der Waals surface area (Å²) in [6.45, 7) is 7.11. The van der Waals surface area contributed by atoms with Crippen molar-refractivity contribution in [3.8, 4) is 22.3 Å². The van der Waals surface area contributed by atoms with Gasteiger partial charge in [-0.25, -0.2) is 9.50 Å². The average Bonchev–Trinajstić information content (AvgIpc) is 3.44. The Balaban J connectivity index is 1.26. The SMILES string of the molecule is Cc1c(-c2cccnc2)c(=O)c(C(=O)Nc2ccc(-c3cc(C4CCN(C(=O)C(C)C)CC4)n4ncnc(N)c34)cc2)cn1C. The molecule has 0 spiro atoms. The number of amides is 2. The highest BCUT2D eigenvalue weighted by atomic mass is 16.2. The van der Waals surface area contributed by atoms with Gasteiger partial charge >= 0.3 is 0 Å². The van der Waals surface area contributed by atoms with Gasteiger partial charge in [-0.3, -0.25) is 19.4 Å². The van der Waals surface area contributed by atoms with E-state index in [1.165, 1.54) is 6.33 Å². The van der Waals surface area contributed by atoms with Crippen LogP contribution < -0.4 is 16.5 Å². The summed E-state index contributed by atoms with van der Waals surface area (Å²) in [6.07, 6.45) is 7.95. The second-order valence-corrected chi connectivity index (χ2v) is 11.9. The third-order valence-electron chi connectivity index (χ3n) is 8.66. The third-order valence-corrected chi connectivity index (χ3v) is 8.66. The first kappa shape index (κ1) is 29.7. The number of rotatable bonds is 6. The van der Waals surface area contributed by atoms with Crippen LogP contribution in [0.15, 0.2) is 72.2 Å². The Kier molecular flexibility index (Phi) is 7.92. The second kappa shape index (κ2) is 12.0. The van der Waals surface area contributed by atoms with Crippen molar-refractivity contribution in [2.45, 2.75) is 39.5 Å². The molecule has 3 N–H and O–H groups in total. The van der Waals surface area contributed by atoms with Gasteiger partial charge in [0.15, 0.2) is 5.82 Å². The van der Waals surface area contributed by atoms with Crippen LogP contribution in [0.4, 0.5) is 11.5 Å². The van der Waals surface area contributed by atoms with E-state index in [1.54, 1.807) is 48.4 Å². The number of fused-ring (bicyclic) bond motifs is 1. The Morgan fingerprint density at radius 2 is 1.80 bits per heavy atom. The standard InChI is InChI=1S/C34H36N8O3/c1-20(2)34(45)41-14-11-23(12-15-41)28-16-26(30-32(35)37-19-38-42(28)30)22-7-9-25(10-8-22)39-33(44)27-18-40(4)21(3)29(31(27)43)24-6-5-13-36-17-24/h5-10,13,16-20,23H,11-12,14-15H2,1-4H3,(H,39,44)(H2,35,37,38). The lowest BCUT2D eigenvalue weighted by molar-refractivity contribution is -0.135. The maximum absolute atomic E-state index is 13.4. The first-order valence-electron chi connectivity index (χ1n) is 15.1. The van der Waals surface area contributed by atoms with Crippen molar-refractivity contribution in [2.75, 3.05) is 24.1 Å². The molecular formula is C34H36N8O3. The summed E-state index contributed by atoms with van der Waals surface area (Å²) in [7, 11) is 1.81. The molecule has 0 radical (unpaired) electrons. The van der Waals surface area contributed by atoms with Gasteiger partial charge in [0.2, 0.25) is 11.3 Å². The molecule has 1 aromatic carbocycles. The maximum Gasteiger partial charge on any atom is 0.261 e. The molecule has 11 nitrogen and oxygen atoms in total. The molecule has 6 rings (SSSR count). The summed E-state index contributed by atoms with van der Waals surface area (Å²) < 4.78 is 3.64. The monoisotopic (exact) mass is 604 g/mol. The lowest BCUT2D eigenvalue weighted by atomic mass is 9.92. The Morgan fingerprint density at radius 3 is 2.47 bits per heavy atom. The number of aromatic nitrogens is 5. The number of hydrogen-bond acceptors (Lipinski definition) is 7. The molecule has 45 heavy (non-hydrogen) atoms. The molecule has 230 valence electrons. The number of nitrogens with one attached hydrogen (secondary N) is 1. The lowest BCUT2D eigenvalue weighted by Gasteiger charge is -2.33. The van der Waals surface area contributed by atoms with Crippen LogP contribution in [-0.2, 0) is 11.8 Å². The van der Waals surface area contributed by atoms with Gasteiger partial charge in [-0.05, 0) is 49.6 Å². The van der Waals surface area contributed by atoms with E-state index in [0.717, 1.165) is 40.9 Å². The first-order chi connectivity index (χ1) is 21.6. The molecule has 0 unspecified atom stereocenters. The Bertz CT molecular complexity index is 1950. The van der Waals surface area contributed by atoms with Gasteiger partial charge in [0.05, 0.1) is 5.56 Å². The van der Waals surface area contributed by atoms with Crippen molar-refractivity contribution in [2.24, 2.45) is 13.0 Å². The minimum Gasteiger partial charge on any atom is -0.382 e. The first-order valence-corrected chi connectivity index (χ1v) is 15.1. The predicted molar refractivity (Wildman–Crippen MR) is 174 cm³/mol. The number of likely N-dealkylation sites (tertiary alicyclic amines) is 1. The smallest absolute Gasteiger partial charge is 0.261 e. The highest BCUT2D eigenvalue weighted by molar-refractivity contribution is 6.05. The van der Waals surface area contributed by atoms with Crippen molar-refractivity contribution in [1.82, 2.24) is 29.0 Å². The van der Waals surface area contributed by atoms with Crippen LogP contribution in [0.25, 0.3) is 27.8 Å². The van der Waals surface area contributed by atoms with Crippen molar-refractivity contribution in [1.29, 1.82) is 0 Å². The van der Waals surface area contributed by atoms with Crippen molar-refractivity contribution < 1.29 is 9.59 Å². The minimum absolute atomic E-state index is 0.0193. The van der Waals surface area contributed by atoms with Gasteiger partial charge in [0.1, 0.15) is 17.4 Å². The molecule has 0 saturated carbocycles. The molecule has 0 atom stereocenters. The van der Waals surface area contributed by atoms with Crippen LogP contribution in [-0.4, -0.2) is 54.0 Å². The van der Waals surface area contributed by atoms with Gasteiger partial charge < -0.3 is 20.5 Å². The Labute approximate surface area is 260 Å². The molecule has 0 bridgehead atoms. The third kappa shape index (κ3) is 5.57. The molecular weight excluding hydrogens is 568 g/mol. The number of aryl methyl sites for hydroxylation is 1. The minimum atomic E-state index is -0.495. The number of carbonyl (C=O) groups excluding carboxylic acids is 2. The molecule has 5 aromatic rings. The van der Waals surface area contributed by atoms with Crippen LogP contribution in [0.2, 0.25) is 0 Å². The maximum atomic E-state index is 13.4. The van der Waals surface area contributed by atoms with Gasteiger partial charge in [-0.15, -0.1) is 0 Å². The molecule has 1 saturated heterocycles. The number of nitrogens with two attached hydrogens (primary N) is 1. The van der Waals surface area contributed by atoms with E-state index in [4.69, 9.17) is 5.73 Å². The summed E-state index contributed by atoms with van der Waals surface area (Å²) in [6, 6.07) is 13.1. The normalized spacial score (nSPS) is 13.8. The van der Waals surface area contributed by atoms with Crippen molar-refractivity contribution >= 4 is 28.8 Å². The van der Waals surface area contributed by atoms with E-state index in [0.29, 0.717) is 35.7 Å². The molecule has 1 aliphatic rings. The van der Waals surface area contributed by atoms with Gasteiger partial charge in [-0.2, -0.15) is 5.10 Å². The van der Waals surface area contributed by atoms with E-state index < -0.39 is 5.91 Å². The number of pyridine rings is 2. The summed E-state index contributed by atoms with van der Waals surface area (Å²) in [5.74, 6) is 0.253. The molecule has 2 amide bonds. The van der Waals surface area contributed by atoms with Crippen LogP contribution in [0.5, 0.6) is 0 Å². The van der Waals surface area contributed by atoms with E-state index >= 15 is 0 Å². The molecule has 1 fully saturated rings. The van der Waals surface area contributed by atoms with E-state index in [9.17, 15) is 14.4 Å². The molecule has 4 aromatic heterocycles. The van der Waals surface area contributed by atoms with Crippen molar-refractivity contribution in [3.05, 3.63) is 94.6 Å². The van der Waals surface area contributed by atoms with Gasteiger partial charge in [-0.1, -0.05) is 32.0 Å². The summed E-state index contributed by atoms with van der Waals surface area (Å²) in [4.78, 5) is 49.6. The molecule has 1 aliphatic heterocycles. The Morgan fingerprint density at radius 1 is 1.07 bits per heavy atom. The summed E-state index contributed by atoms with van der Waals surface area (Å²) in [5.41, 5.74) is 12.0. The fourth-order valence-corrected chi connectivity index (χ4v) is 6.13. The van der Waals surface area contributed by atoms with E-state index in [-0.39, 0.29) is 28.7 Å².